The van der Waals surface area contributed by atoms with E-state index in [1.165, 1.54) is 4.57 Å². The molecule has 1 unspecified atom stereocenters. The Kier molecular flexibility index (Phi) is 4.28. The second-order valence-electron chi connectivity index (χ2n) is 5.33. The maximum Gasteiger partial charge on any atom is 0.293 e. The Bertz CT molecular complexity index is 419. The van der Waals surface area contributed by atoms with Gasteiger partial charge in [0, 0.05) is 25.5 Å². The summed E-state index contributed by atoms with van der Waals surface area (Å²) in [7, 11) is 1.71. The Balaban J connectivity index is 2.94. The van der Waals surface area contributed by atoms with Crippen molar-refractivity contribution in [2.45, 2.75) is 33.2 Å². The van der Waals surface area contributed by atoms with E-state index in [-0.39, 0.29) is 17.0 Å². The summed E-state index contributed by atoms with van der Waals surface area (Å²) < 4.78 is 1.51. The Morgan fingerprint density at radius 3 is 2.71 bits per heavy atom. The number of nitrogens with one attached hydrogen (secondary N) is 1. The molecule has 0 saturated heterocycles. The van der Waals surface area contributed by atoms with Crippen LogP contribution in [0.25, 0.3) is 0 Å². The van der Waals surface area contributed by atoms with Crippen molar-refractivity contribution in [2.24, 2.45) is 18.2 Å². The molecule has 5 heteroatoms. The van der Waals surface area contributed by atoms with Gasteiger partial charge in [0.1, 0.15) is 0 Å². The summed E-state index contributed by atoms with van der Waals surface area (Å²) in [6.07, 6.45) is 4.07. The Morgan fingerprint density at radius 2 is 2.18 bits per heavy atom. The van der Waals surface area contributed by atoms with Gasteiger partial charge >= 0.3 is 0 Å². The summed E-state index contributed by atoms with van der Waals surface area (Å²) in [4.78, 5) is 15.9. The van der Waals surface area contributed by atoms with Crippen LogP contribution in [-0.2, 0) is 7.05 Å². The van der Waals surface area contributed by atoms with Crippen molar-refractivity contribution in [3.63, 3.8) is 0 Å². The van der Waals surface area contributed by atoms with Crippen molar-refractivity contribution in [3.8, 4) is 0 Å². The van der Waals surface area contributed by atoms with E-state index in [2.05, 4.69) is 31.1 Å². The summed E-state index contributed by atoms with van der Waals surface area (Å²) in [5.74, 6) is 0.392. The molecule has 0 aromatic carbocycles. The molecule has 0 saturated carbocycles. The van der Waals surface area contributed by atoms with Crippen LogP contribution in [0.5, 0.6) is 0 Å². The molecule has 0 aliphatic rings. The molecule has 3 N–H and O–H groups in total. The number of aromatic nitrogens is 2. The number of aryl methyl sites for hydroxylation is 1. The third-order valence-electron chi connectivity index (χ3n) is 2.83. The van der Waals surface area contributed by atoms with Crippen LogP contribution in [0.15, 0.2) is 17.2 Å². The van der Waals surface area contributed by atoms with Gasteiger partial charge < -0.3 is 15.6 Å². The smallest absolute Gasteiger partial charge is 0.293 e. The van der Waals surface area contributed by atoms with Gasteiger partial charge in [-0.15, -0.1) is 0 Å². The first-order valence-corrected chi connectivity index (χ1v) is 5.84. The van der Waals surface area contributed by atoms with Crippen molar-refractivity contribution in [3.05, 3.63) is 22.7 Å². The average Bonchev–Trinajstić information content (AvgIpc) is 2.22. The van der Waals surface area contributed by atoms with Gasteiger partial charge in [-0.2, -0.15) is 0 Å². The molecule has 0 fully saturated rings. The van der Waals surface area contributed by atoms with E-state index in [1.54, 1.807) is 19.4 Å². The summed E-state index contributed by atoms with van der Waals surface area (Å²) in [6.45, 7) is 6.94. The largest absolute Gasteiger partial charge is 0.362 e. The highest BCUT2D eigenvalue weighted by molar-refractivity contribution is 5.32. The van der Waals surface area contributed by atoms with E-state index in [0.29, 0.717) is 12.4 Å². The lowest BCUT2D eigenvalue weighted by Crippen LogP contribution is -2.38. The summed E-state index contributed by atoms with van der Waals surface area (Å²) in [5, 5.41) is 3.20. The maximum atomic E-state index is 11.8. The van der Waals surface area contributed by atoms with E-state index in [9.17, 15) is 4.79 Å². The van der Waals surface area contributed by atoms with Crippen LogP contribution >= 0.6 is 0 Å². The van der Waals surface area contributed by atoms with Crippen LogP contribution in [0, 0.1) is 5.41 Å². The molecule has 1 rings (SSSR count). The molecular formula is C12H22N4O. The monoisotopic (exact) mass is 238 g/mol. The zero-order valence-electron chi connectivity index (χ0n) is 11.0. The Hall–Kier alpha value is -1.36. The Labute approximate surface area is 102 Å². The lowest BCUT2D eigenvalue weighted by Gasteiger charge is -2.31. The van der Waals surface area contributed by atoms with Crippen LogP contribution < -0.4 is 16.6 Å². The molecule has 0 amide bonds. The number of hydrogen-bond donors (Lipinski definition) is 2. The fourth-order valence-corrected chi connectivity index (χ4v) is 1.65. The maximum absolute atomic E-state index is 11.8. The number of nitrogens with two attached hydrogens (primary N) is 1. The quantitative estimate of drug-likeness (QED) is 0.819. The second kappa shape index (κ2) is 5.31. The zero-order valence-corrected chi connectivity index (χ0v) is 11.0. The normalized spacial score (nSPS) is 13.5. The van der Waals surface area contributed by atoms with E-state index in [1.807, 2.05) is 0 Å². The molecule has 96 valence electrons. The van der Waals surface area contributed by atoms with Gasteiger partial charge in [0.05, 0.1) is 0 Å². The van der Waals surface area contributed by atoms with E-state index in [0.717, 1.165) is 6.42 Å². The standard InChI is InChI=1S/C12H22N4O/c1-12(2,3)9(5-6-13)15-10-11(17)16(4)8-7-14-10/h7-9H,5-6,13H2,1-4H3,(H,14,15). The van der Waals surface area contributed by atoms with E-state index >= 15 is 0 Å². The molecule has 0 bridgehead atoms. The van der Waals surface area contributed by atoms with Crippen molar-refractivity contribution in [2.75, 3.05) is 11.9 Å². The molecule has 5 nitrogen and oxygen atoms in total. The van der Waals surface area contributed by atoms with Gasteiger partial charge in [-0.3, -0.25) is 4.79 Å². The minimum atomic E-state index is -0.112. The highest BCUT2D eigenvalue weighted by Crippen LogP contribution is 2.23. The molecule has 0 aliphatic carbocycles. The first-order valence-electron chi connectivity index (χ1n) is 5.84. The van der Waals surface area contributed by atoms with Crippen molar-refractivity contribution in [1.82, 2.24) is 9.55 Å². The minimum absolute atomic E-state index is 0.0297. The lowest BCUT2D eigenvalue weighted by molar-refractivity contribution is 0.328. The van der Waals surface area contributed by atoms with Crippen molar-refractivity contribution in [1.29, 1.82) is 0 Å². The first-order chi connectivity index (χ1) is 7.86. The minimum Gasteiger partial charge on any atom is -0.362 e. The van der Waals surface area contributed by atoms with Gasteiger partial charge in [0.2, 0.25) is 0 Å². The summed E-state index contributed by atoms with van der Waals surface area (Å²) in [6, 6.07) is 0.134. The average molecular weight is 238 g/mol. The van der Waals surface area contributed by atoms with Crippen LogP contribution in [-0.4, -0.2) is 22.1 Å². The van der Waals surface area contributed by atoms with Gasteiger partial charge in [-0.25, -0.2) is 4.98 Å². The number of rotatable bonds is 4. The molecule has 1 aromatic heterocycles. The zero-order chi connectivity index (χ0) is 13.1. The first kappa shape index (κ1) is 13.7. The van der Waals surface area contributed by atoms with Gasteiger partial charge in [0.15, 0.2) is 5.82 Å². The molecule has 1 aromatic rings. The number of hydrogen-bond acceptors (Lipinski definition) is 4. The highest BCUT2D eigenvalue weighted by Gasteiger charge is 2.24. The van der Waals surface area contributed by atoms with E-state index < -0.39 is 0 Å². The molecule has 17 heavy (non-hydrogen) atoms. The van der Waals surface area contributed by atoms with Gasteiger partial charge in [0.25, 0.3) is 5.56 Å². The number of anilines is 1. The molecular weight excluding hydrogens is 216 g/mol. The fourth-order valence-electron chi connectivity index (χ4n) is 1.65. The molecule has 0 radical (unpaired) electrons. The molecule has 1 atom stereocenters. The molecule has 0 aliphatic heterocycles. The topological polar surface area (TPSA) is 72.9 Å². The Morgan fingerprint density at radius 1 is 1.53 bits per heavy atom. The van der Waals surface area contributed by atoms with Gasteiger partial charge in [-0.05, 0) is 18.4 Å². The van der Waals surface area contributed by atoms with E-state index in [4.69, 9.17) is 5.73 Å². The third kappa shape index (κ3) is 3.56. The van der Waals surface area contributed by atoms with Crippen molar-refractivity contribution >= 4 is 5.82 Å². The fraction of sp³-hybridized carbons (Fsp3) is 0.667. The SMILES string of the molecule is Cn1ccnc(NC(CCN)C(C)(C)C)c1=O. The van der Waals surface area contributed by atoms with Crippen LogP contribution in [0.2, 0.25) is 0 Å². The predicted octanol–water partition coefficient (Wildman–Crippen LogP) is 0.956. The molecule has 1 heterocycles. The molecule has 0 spiro atoms. The third-order valence-corrected chi connectivity index (χ3v) is 2.83. The lowest BCUT2D eigenvalue weighted by atomic mass is 9.85. The predicted molar refractivity (Wildman–Crippen MR) is 70.0 cm³/mol. The number of nitrogens with zero attached hydrogens (tertiary/aromatic N) is 2. The van der Waals surface area contributed by atoms with Gasteiger partial charge in [-0.1, -0.05) is 20.8 Å². The highest BCUT2D eigenvalue weighted by atomic mass is 16.1. The van der Waals surface area contributed by atoms with Crippen LogP contribution in [0.1, 0.15) is 27.2 Å². The summed E-state index contributed by atoms with van der Waals surface area (Å²) in [5.41, 5.74) is 5.52. The summed E-state index contributed by atoms with van der Waals surface area (Å²) >= 11 is 0. The van der Waals surface area contributed by atoms with Crippen molar-refractivity contribution < 1.29 is 0 Å². The van der Waals surface area contributed by atoms with Crippen LogP contribution in [0.4, 0.5) is 5.82 Å². The second-order valence-corrected chi connectivity index (χ2v) is 5.33. The van der Waals surface area contributed by atoms with Crippen LogP contribution in [0.3, 0.4) is 0 Å².